The number of hydrogen-bond donors (Lipinski definition) is 0. The summed E-state index contributed by atoms with van der Waals surface area (Å²) in [5.41, 5.74) is 5.37. The quantitative estimate of drug-likeness (QED) is 0.685. The van der Waals surface area contributed by atoms with E-state index in [1.165, 1.54) is 22.3 Å². The van der Waals surface area contributed by atoms with Gasteiger partial charge in [0.25, 0.3) is 0 Å². The van der Waals surface area contributed by atoms with Crippen LogP contribution in [0.25, 0.3) is 16.7 Å². The van der Waals surface area contributed by atoms with E-state index >= 15 is 0 Å². The van der Waals surface area contributed by atoms with Crippen molar-refractivity contribution in [2.45, 2.75) is 6.42 Å². The van der Waals surface area contributed by atoms with Gasteiger partial charge in [0.2, 0.25) is 0 Å². The van der Waals surface area contributed by atoms with Crippen LogP contribution >= 0.6 is 0 Å². The van der Waals surface area contributed by atoms with Gasteiger partial charge in [-0.05, 0) is 28.7 Å². The lowest BCUT2D eigenvalue weighted by Crippen LogP contribution is -1.87. The Hall–Kier alpha value is -2.08. The van der Waals surface area contributed by atoms with Crippen LogP contribution in [0.2, 0.25) is 0 Å². The van der Waals surface area contributed by atoms with Crippen LogP contribution in [-0.4, -0.2) is 0 Å². The second-order valence-corrected chi connectivity index (χ2v) is 4.24. The lowest BCUT2D eigenvalue weighted by atomic mass is 9.94. The SMILES string of the molecule is C1=CCC(c2ccccc2-c2ccccc2)=C1. The van der Waals surface area contributed by atoms with Crippen LogP contribution in [0.3, 0.4) is 0 Å². The highest BCUT2D eigenvalue weighted by Gasteiger charge is 2.09. The summed E-state index contributed by atoms with van der Waals surface area (Å²) in [7, 11) is 0. The third-order valence-electron chi connectivity index (χ3n) is 3.13. The van der Waals surface area contributed by atoms with Gasteiger partial charge in [0.15, 0.2) is 0 Å². The normalized spacial score (nSPS) is 13.8. The molecule has 0 amide bonds. The standard InChI is InChI=1S/C17H14/c1-2-8-14(9-3-1)16-12-6-7-13-17(16)15-10-4-5-11-15/h1-10,12-13H,11H2. The maximum Gasteiger partial charge on any atom is -0.00882 e. The molecule has 1 aliphatic carbocycles. The molecule has 0 heteroatoms. The van der Waals surface area contributed by atoms with Gasteiger partial charge < -0.3 is 0 Å². The van der Waals surface area contributed by atoms with Crippen LogP contribution in [-0.2, 0) is 0 Å². The van der Waals surface area contributed by atoms with Crippen molar-refractivity contribution in [2.75, 3.05) is 0 Å². The smallest absolute Gasteiger partial charge is 0.00882 e. The first-order valence-electron chi connectivity index (χ1n) is 5.96. The topological polar surface area (TPSA) is 0 Å². The van der Waals surface area contributed by atoms with E-state index in [4.69, 9.17) is 0 Å². The fourth-order valence-electron chi connectivity index (χ4n) is 2.28. The van der Waals surface area contributed by atoms with Gasteiger partial charge in [0.05, 0.1) is 0 Å². The number of rotatable bonds is 2. The van der Waals surface area contributed by atoms with Crippen molar-refractivity contribution in [1.29, 1.82) is 0 Å². The lowest BCUT2D eigenvalue weighted by Gasteiger charge is -2.10. The summed E-state index contributed by atoms with van der Waals surface area (Å²) in [4.78, 5) is 0. The molecule has 0 unspecified atom stereocenters. The van der Waals surface area contributed by atoms with Crippen molar-refractivity contribution in [2.24, 2.45) is 0 Å². The highest BCUT2D eigenvalue weighted by atomic mass is 14.1. The molecule has 3 rings (SSSR count). The highest BCUT2D eigenvalue weighted by molar-refractivity contribution is 5.83. The van der Waals surface area contributed by atoms with Gasteiger partial charge in [-0.1, -0.05) is 72.8 Å². The fraction of sp³-hybridized carbons (Fsp3) is 0.0588. The molecule has 0 saturated carbocycles. The lowest BCUT2D eigenvalue weighted by molar-refractivity contribution is 1.43. The van der Waals surface area contributed by atoms with Crippen LogP contribution in [0.1, 0.15) is 12.0 Å². The molecule has 0 nitrogen and oxygen atoms in total. The number of allylic oxidation sites excluding steroid dienone is 4. The fourth-order valence-corrected chi connectivity index (χ4v) is 2.28. The van der Waals surface area contributed by atoms with Crippen LogP contribution in [0, 0.1) is 0 Å². The van der Waals surface area contributed by atoms with E-state index in [9.17, 15) is 0 Å². The van der Waals surface area contributed by atoms with Gasteiger partial charge in [0.1, 0.15) is 0 Å². The Morgan fingerprint density at radius 1 is 0.706 bits per heavy atom. The molecule has 0 saturated heterocycles. The first-order valence-corrected chi connectivity index (χ1v) is 5.96. The molecule has 2 aromatic carbocycles. The molecule has 0 spiro atoms. The third-order valence-corrected chi connectivity index (χ3v) is 3.13. The van der Waals surface area contributed by atoms with Crippen molar-refractivity contribution in [1.82, 2.24) is 0 Å². The van der Waals surface area contributed by atoms with Crippen LogP contribution < -0.4 is 0 Å². The van der Waals surface area contributed by atoms with E-state index in [1.54, 1.807) is 0 Å². The molecule has 2 aromatic rings. The second-order valence-electron chi connectivity index (χ2n) is 4.24. The zero-order chi connectivity index (χ0) is 11.5. The first-order chi connectivity index (χ1) is 8.45. The highest BCUT2D eigenvalue weighted by Crippen LogP contribution is 2.32. The maximum atomic E-state index is 2.21. The molecule has 0 N–H and O–H groups in total. The van der Waals surface area contributed by atoms with E-state index in [-0.39, 0.29) is 0 Å². The Labute approximate surface area is 102 Å². The monoisotopic (exact) mass is 218 g/mol. The molecule has 17 heavy (non-hydrogen) atoms. The van der Waals surface area contributed by atoms with Crippen molar-refractivity contribution in [3.8, 4) is 11.1 Å². The minimum Gasteiger partial charge on any atom is -0.0801 e. The van der Waals surface area contributed by atoms with Gasteiger partial charge in [-0.2, -0.15) is 0 Å². The van der Waals surface area contributed by atoms with E-state index < -0.39 is 0 Å². The first kappa shape index (κ1) is 10.1. The van der Waals surface area contributed by atoms with Gasteiger partial charge in [-0.3, -0.25) is 0 Å². The second kappa shape index (κ2) is 4.42. The summed E-state index contributed by atoms with van der Waals surface area (Å²) in [5, 5.41) is 0. The summed E-state index contributed by atoms with van der Waals surface area (Å²) < 4.78 is 0. The summed E-state index contributed by atoms with van der Waals surface area (Å²) >= 11 is 0. The predicted molar refractivity (Wildman–Crippen MR) is 73.6 cm³/mol. The zero-order valence-corrected chi connectivity index (χ0v) is 9.64. The maximum absolute atomic E-state index is 2.21. The molecule has 0 fully saturated rings. The summed E-state index contributed by atoms with van der Waals surface area (Å²) in [6.07, 6.45) is 7.60. The average Bonchev–Trinajstić information content (AvgIpc) is 2.94. The average molecular weight is 218 g/mol. The van der Waals surface area contributed by atoms with Gasteiger partial charge in [-0.15, -0.1) is 0 Å². The Kier molecular flexibility index (Phi) is 2.63. The summed E-state index contributed by atoms with van der Waals surface area (Å²) in [6, 6.07) is 19.2. The van der Waals surface area contributed by atoms with Crippen LogP contribution in [0.4, 0.5) is 0 Å². The Morgan fingerprint density at radius 3 is 2.12 bits per heavy atom. The largest absolute Gasteiger partial charge is 0.0801 e. The molecule has 0 aliphatic heterocycles. The minimum atomic E-state index is 1.05. The molecule has 0 bridgehead atoms. The molecule has 0 atom stereocenters. The molecule has 0 radical (unpaired) electrons. The van der Waals surface area contributed by atoms with Crippen molar-refractivity contribution in [3.05, 3.63) is 78.4 Å². The number of benzene rings is 2. The molecular weight excluding hydrogens is 204 g/mol. The van der Waals surface area contributed by atoms with Gasteiger partial charge in [0, 0.05) is 0 Å². The van der Waals surface area contributed by atoms with E-state index in [0.717, 1.165) is 6.42 Å². The third kappa shape index (κ3) is 1.94. The van der Waals surface area contributed by atoms with E-state index in [0.29, 0.717) is 0 Å². The Balaban J connectivity index is 2.11. The minimum absolute atomic E-state index is 1.05. The van der Waals surface area contributed by atoms with Crippen LogP contribution in [0.15, 0.2) is 72.8 Å². The Morgan fingerprint density at radius 2 is 1.41 bits per heavy atom. The zero-order valence-electron chi connectivity index (χ0n) is 9.64. The van der Waals surface area contributed by atoms with Gasteiger partial charge in [-0.25, -0.2) is 0 Å². The van der Waals surface area contributed by atoms with Crippen LogP contribution in [0.5, 0.6) is 0 Å². The summed E-state index contributed by atoms with van der Waals surface area (Å²) in [6.45, 7) is 0. The van der Waals surface area contributed by atoms with Crippen molar-refractivity contribution < 1.29 is 0 Å². The summed E-state index contributed by atoms with van der Waals surface area (Å²) in [5.74, 6) is 0. The van der Waals surface area contributed by atoms with Crippen molar-refractivity contribution >= 4 is 5.57 Å². The number of hydrogen-bond acceptors (Lipinski definition) is 0. The molecule has 0 aromatic heterocycles. The van der Waals surface area contributed by atoms with E-state index in [2.05, 4.69) is 72.8 Å². The molecule has 0 heterocycles. The molecule has 82 valence electrons. The molecular formula is C17H14. The predicted octanol–water partition coefficient (Wildman–Crippen LogP) is 4.70. The molecule has 1 aliphatic rings. The van der Waals surface area contributed by atoms with E-state index in [1.807, 2.05) is 0 Å². The van der Waals surface area contributed by atoms with Crippen molar-refractivity contribution in [3.63, 3.8) is 0 Å². The van der Waals surface area contributed by atoms with Gasteiger partial charge >= 0.3 is 0 Å². The Bertz CT molecular complexity index is 574.